The number of allylic oxidation sites excluding steroid dienone is 6. The Balaban J connectivity index is 2.52. The molecule has 190 valence electrons. The molecule has 1 heterocycles. The van der Waals surface area contributed by atoms with Gasteiger partial charge in [0.05, 0.1) is 17.8 Å². The molecule has 1 aromatic rings. The van der Waals surface area contributed by atoms with Gasteiger partial charge in [0.1, 0.15) is 5.84 Å². The number of rotatable bonds is 11. The molecule has 0 bridgehead atoms. The van der Waals surface area contributed by atoms with E-state index in [1.807, 2.05) is 6.08 Å². The van der Waals surface area contributed by atoms with E-state index in [-0.39, 0.29) is 23.6 Å². The molecule has 0 aliphatic heterocycles. The molecule has 0 saturated heterocycles. The second kappa shape index (κ2) is 13.0. The molecule has 0 amide bonds. The minimum absolute atomic E-state index is 0.00715. The normalized spacial score (nSPS) is 19.2. The maximum Gasteiger partial charge on any atom is 0.255 e. The van der Waals surface area contributed by atoms with Gasteiger partial charge in [0.2, 0.25) is 0 Å². The van der Waals surface area contributed by atoms with E-state index in [2.05, 4.69) is 66.9 Å². The number of hydrogen-bond acceptors (Lipinski definition) is 3. The van der Waals surface area contributed by atoms with Crippen LogP contribution in [0, 0.1) is 17.2 Å². The van der Waals surface area contributed by atoms with Gasteiger partial charge in [0.15, 0.2) is 5.88 Å². The lowest BCUT2D eigenvalue weighted by molar-refractivity contribution is 0.149. The van der Waals surface area contributed by atoms with E-state index in [0.29, 0.717) is 17.0 Å². The SMILES string of the molecule is C=C/C(=C(C)\C=C/CCC)C1C=c2c(C(C)=NC(=N)/C=C(/C)NCC(F)F)c(O)[nH]c2=CC1CC. The summed E-state index contributed by atoms with van der Waals surface area (Å²) < 4.78 is 24.8. The van der Waals surface area contributed by atoms with E-state index in [1.54, 1.807) is 13.8 Å². The van der Waals surface area contributed by atoms with Crippen molar-refractivity contribution in [1.29, 1.82) is 5.41 Å². The summed E-state index contributed by atoms with van der Waals surface area (Å²) in [5.74, 6) is 0.214. The lowest BCUT2D eigenvalue weighted by atomic mass is 9.79. The molecule has 1 aliphatic carbocycles. The highest BCUT2D eigenvalue weighted by molar-refractivity contribution is 6.09. The lowest BCUT2D eigenvalue weighted by Crippen LogP contribution is -2.35. The Kier molecular flexibility index (Phi) is 10.4. The fraction of sp³-hybridized carbons (Fsp3) is 0.429. The average Bonchev–Trinajstić information content (AvgIpc) is 3.12. The van der Waals surface area contributed by atoms with Gasteiger partial charge in [0, 0.05) is 28.3 Å². The van der Waals surface area contributed by atoms with Crippen molar-refractivity contribution in [3.05, 3.63) is 63.9 Å². The van der Waals surface area contributed by atoms with Crippen LogP contribution in [0.15, 0.2) is 52.7 Å². The Morgan fingerprint density at radius 2 is 2.00 bits per heavy atom. The zero-order chi connectivity index (χ0) is 26.1. The lowest BCUT2D eigenvalue weighted by Gasteiger charge is -2.25. The molecule has 1 aliphatic rings. The minimum atomic E-state index is -2.48. The highest BCUT2D eigenvalue weighted by Crippen LogP contribution is 2.31. The van der Waals surface area contributed by atoms with Gasteiger partial charge < -0.3 is 15.4 Å². The number of aliphatic imine (C=N–C) groups is 1. The van der Waals surface area contributed by atoms with Crippen molar-refractivity contribution in [1.82, 2.24) is 10.3 Å². The van der Waals surface area contributed by atoms with Gasteiger partial charge in [0.25, 0.3) is 6.43 Å². The predicted molar refractivity (Wildman–Crippen MR) is 143 cm³/mol. The van der Waals surface area contributed by atoms with Crippen LogP contribution < -0.4 is 15.9 Å². The van der Waals surface area contributed by atoms with Crippen LogP contribution in [0.2, 0.25) is 0 Å². The van der Waals surface area contributed by atoms with Crippen molar-refractivity contribution in [2.24, 2.45) is 16.8 Å². The third kappa shape index (κ3) is 7.38. The van der Waals surface area contributed by atoms with E-state index in [4.69, 9.17) is 5.41 Å². The second-order valence-electron chi connectivity index (χ2n) is 8.82. The smallest absolute Gasteiger partial charge is 0.255 e. The first-order valence-corrected chi connectivity index (χ1v) is 12.1. The van der Waals surface area contributed by atoms with Gasteiger partial charge in [-0.3, -0.25) is 5.41 Å². The van der Waals surface area contributed by atoms with Crippen molar-refractivity contribution in [2.75, 3.05) is 6.54 Å². The molecule has 1 aromatic heterocycles. The topological polar surface area (TPSA) is 84.3 Å². The monoisotopic (exact) mass is 484 g/mol. The summed E-state index contributed by atoms with van der Waals surface area (Å²) >= 11 is 0. The summed E-state index contributed by atoms with van der Waals surface area (Å²) in [4.78, 5) is 7.36. The Hall–Kier alpha value is -3.22. The number of H-pyrrole nitrogens is 1. The molecule has 0 radical (unpaired) electrons. The fourth-order valence-corrected chi connectivity index (χ4v) is 4.35. The molecule has 0 fully saturated rings. The number of aromatic amines is 1. The number of nitrogens with one attached hydrogen (secondary N) is 3. The molecule has 0 aromatic carbocycles. The number of unbranched alkanes of at least 4 members (excludes halogenated alkanes) is 1. The fourth-order valence-electron chi connectivity index (χ4n) is 4.35. The molecule has 4 N–H and O–H groups in total. The maximum atomic E-state index is 12.4. The van der Waals surface area contributed by atoms with Crippen molar-refractivity contribution in [3.63, 3.8) is 0 Å². The van der Waals surface area contributed by atoms with Crippen molar-refractivity contribution in [3.8, 4) is 5.88 Å². The van der Waals surface area contributed by atoms with E-state index >= 15 is 0 Å². The van der Waals surface area contributed by atoms with Gasteiger partial charge in [-0.1, -0.05) is 57.2 Å². The maximum absolute atomic E-state index is 12.4. The minimum Gasteiger partial charge on any atom is -0.494 e. The first kappa shape index (κ1) is 28.0. The molecule has 7 heteroatoms. The second-order valence-corrected chi connectivity index (χ2v) is 8.82. The highest BCUT2D eigenvalue weighted by atomic mass is 19.3. The third-order valence-electron chi connectivity index (χ3n) is 6.10. The van der Waals surface area contributed by atoms with Crippen molar-refractivity contribution < 1.29 is 13.9 Å². The number of nitrogens with zero attached hydrogens (tertiary/aromatic N) is 1. The van der Waals surface area contributed by atoms with Crippen LogP contribution in [0.1, 0.15) is 59.4 Å². The van der Waals surface area contributed by atoms with Crippen LogP contribution in [0.25, 0.3) is 12.2 Å². The molecular weight excluding hydrogens is 446 g/mol. The molecule has 2 rings (SSSR count). The molecule has 0 saturated carbocycles. The summed E-state index contributed by atoms with van der Waals surface area (Å²) in [6.07, 6.45) is 12.5. The Labute approximate surface area is 207 Å². The zero-order valence-electron chi connectivity index (χ0n) is 21.4. The molecular formula is C28H38F2N4O. The summed E-state index contributed by atoms with van der Waals surface area (Å²) in [6.45, 7) is 13.3. The van der Waals surface area contributed by atoms with E-state index in [1.165, 1.54) is 6.08 Å². The van der Waals surface area contributed by atoms with Crippen LogP contribution in [-0.4, -0.2) is 34.6 Å². The third-order valence-corrected chi connectivity index (χ3v) is 6.10. The van der Waals surface area contributed by atoms with Gasteiger partial charge >= 0.3 is 0 Å². The predicted octanol–water partition coefficient (Wildman–Crippen LogP) is 5.34. The van der Waals surface area contributed by atoms with Crippen LogP contribution in [0.3, 0.4) is 0 Å². The largest absolute Gasteiger partial charge is 0.494 e. The quantitative estimate of drug-likeness (QED) is 0.194. The van der Waals surface area contributed by atoms with Crippen molar-refractivity contribution in [2.45, 2.75) is 60.3 Å². The number of aromatic hydroxyl groups is 1. The van der Waals surface area contributed by atoms with Crippen LogP contribution in [-0.2, 0) is 0 Å². The summed E-state index contributed by atoms with van der Waals surface area (Å²) in [5, 5.41) is 23.1. The first-order chi connectivity index (χ1) is 16.6. The van der Waals surface area contributed by atoms with Gasteiger partial charge in [-0.05, 0) is 50.7 Å². The Morgan fingerprint density at radius 3 is 2.60 bits per heavy atom. The number of hydrogen-bond donors (Lipinski definition) is 4. The summed E-state index contributed by atoms with van der Waals surface area (Å²) in [5.41, 5.74) is 3.73. The van der Waals surface area contributed by atoms with Crippen LogP contribution >= 0.6 is 0 Å². The molecule has 2 unspecified atom stereocenters. The first-order valence-electron chi connectivity index (χ1n) is 12.1. The zero-order valence-corrected chi connectivity index (χ0v) is 21.4. The van der Waals surface area contributed by atoms with Gasteiger partial charge in [-0.15, -0.1) is 0 Å². The number of amidine groups is 1. The summed E-state index contributed by atoms with van der Waals surface area (Å²) in [6, 6.07) is 0. The highest BCUT2D eigenvalue weighted by Gasteiger charge is 2.25. The molecule has 5 nitrogen and oxygen atoms in total. The Bertz CT molecular complexity index is 1170. The molecule has 2 atom stereocenters. The Morgan fingerprint density at radius 1 is 1.29 bits per heavy atom. The van der Waals surface area contributed by atoms with E-state index in [0.717, 1.165) is 41.0 Å². The number of aromatic nitrogens is 1. The van der Waals surface area contributed by atoms with E-state index in [9.17, 15) is 13.9 Å². The van der Waals surface area contributed by atoms with Crippen LogP contribution in [0.4, 0.5) is 8.78 Å². The standard InChI is InChI=1S/C28H38F2N4O/c1-7-10-11-12-17(4)21(9-3)22-15-23-24(14-20(22)8-2)34-28(35)27(23)19(6)33-26(31)13-18(5)32-16-25(29)30/h9,11-15,20,22,25,31-32,34-35H,3,7-8,10,16H2,1-2,4-6H3/b12-11-,18-13-,21-17+,31-26?,33-19?. The molecule has 35 heavy (non-hydrogen) atoms. The van der Waals surface area contributed by atoms with Gasteiger partial charge in [-0.25, -0.2) is 13.8 Å². The van der Waals surface area contributed by atoms with Gasteiger partial charge in [-0.2, -0.15) is 0 Å². The van der Waals surface area contributed by atoms with E-state index < -0.39 is 13.0 Å². The van der Waals surface area contributed by atoms with Crippen LogP contribution in [0.5, 0.6) is 5.88 Å². The number of halogens is 2. The number of alkyl halides is 2. The summed E-state index contributed by atoms with van der Waals surface area (Å²) in [7, 11) is 0. The molecule has 0 spiro atoms. The van der Waals surface area contributed by atoms with Crippen molar-refractivity contribution >= 4 is 23.7 Å². The number of fused-ring (bicyclic) bond motifs is 1. The average molecular weight is 485 g/mol.